The zero-order chi connectivity index (χ0) is 23.1. The second-order valence-electron chi connectivity index (χ2n) is 7.84. The van der Waals surface area contributed by atoms with Gasteiger partial charge in [0.2, 0.25) is 5.88 Å². The normalized spacial score (nSPS) is 15.1. The molecule has 2 aromatic heterocycles. The third-order valence-electron chi connectivity index (χ3n) is 5.49. The Morgan fingerprint density at radius 1 is 1.09 bits per heavy atom. The predicted octanol–water partition coefficient (Wildman–Crippen LogP) is 5.17. The summed E-state index contributed by atoms with van der Waals surface area (Å²) < 4.78 is 11.0. The molecule has 0 saturated heterocycles. The van der Waals surface area contributed by atoms with Crippen molar-refractivity contribution in [1.82, 2.24) is 4.98 Å². The third kappa shape index (κ3) is 3.75. The van der Waals surface area contributed by atoms with E-state index in [-0.39, 0.29) is 17.0 Å². The Hall–Kier alpha value is -4.02. The topological polar surface area (TPSA) is 102 Å². The average Bonchev–Trinajstić information content (AvgIpc) is 2.78. The molecule has 0 aliphatic carbocycles. The van der Waals surface area contributed by atoms with Crippen molar-refractivity contribution < 1.29 is 9.15 Å². The highest BCUT2D eigenvalue weighted by Crippen LogP contribution is 2.45. The summed E-state index contributed by atoms with van der Waals surface area (Å²) in [5.74, 6) is -0.0960. The van der Waals surface area contributed by atoms with Crippen LogP contribution in [0.5, 0.6) is 5.75 Å². The number of hydrogen-bond acceptors (Lipinski definition) is 7. The number of pyridine rings is 1. The first-order valence-electron chi connectivity index (χ1n) is 10.3. The van der Waals surface area contributed by atoms with E-state index in [0.717, 1.165) is 21.4 Å². The van der Waals surface area contributed by atoms with E-state index in [1.54, 1.807) is 13.0 Å². The summed E-state index contributed by atoms with van der Waals surface area (Å²) in [5.41, 5.74) is 8.58. The van der Waals surface area contributed by atoms with Crippen molar-refractivity contribution in [3.8, 4) is 11.8 Å². The molecule has 7 heteroatoms. The Balaban J connectivity index is 1.82. The number of rotatable bonds is 3. The highest BCUT2D eigenvalue weighted by molar-refractivity contribution is 7.99. The first kappa shape index (κ1) is 20.9. The maximum atomic E-state index is 13.0. The number of nitrogens with zero attached hydrogens (tertiary/aromatic N) is 2. The summed E-state index contributed by atoms with van der Waals surface area (Å²) in [7, 11) is 0. The molecule has 1 unspecified atom stereocenters. The summed E-state index contributed by atoms with van der Waals surface area (Å²) >= 11 is 1.47. The molecular formula is C26H19N3O3S. The molecular weight excluding hydrogens is 434 g/mol. The van der Waals surface area contributed by atoms with Gasteiger partial charge in [0.05, 0.1) is 17.0 Å². The third-order valence-corrected chi connectivity index (χ3v) is 6.52. The number of allylic oxidation sites excluding steroid dienone is 1. The van der Waals surface area contributed by atoms with Crippen LogP contribution in [-0.2, 0) is 0 Å². The van der Waals surface area contributed by atoms with Gasteiger partial charge in [-0.3, -0.25) is 0 Å². The highest BCUT2D eigenvalue weighted by Gasteiger charge is 2.36. The van der Waals surface area contributed by atoms with Gasteiger partial charge in [0, 0.05) is 16.3 Å². The van der Waals surface area contributed by atoms with E-state index in [9.17, 15) is 10.1 Å². The van der Waals surface area contributed by atoms with Crippen molar-refractivity contribution in [3.05, 3.63) is 105 Å². The number of fused-ring (bicyclic) bond motifs is 2. The zero-order valence-corrected chi connectivity index (χ0v) is 18.8. The number of nitrogens with two attached hydrogens (primary N) is 1. The molecule has 1 aliphatic heterocycles. The molecule has 2 aromatic carbocycles. The number of ether oxygens (including phenoxy) is 1. The SMILES string of the molecule is Cc1ccc2nc(Sc3ccccc3)c(C3C(C#N)=C(N)Oc4cc(C)oc(=O)c43)cc2c1. The molecule has 4 aromatic rings. The maximum Gasteiger partial charge on any atom is 0.343 e. The lowest BCUT2D eigenvalue weighted by molar-refractivity contribution is 0.371. The van der Waals surface area contributed by atoms with Crippen LogP contribution < -0.4 is 16.1 Å². The van der Waals surface area contributed by atoms with E-state index in [1.165, 1.54) is 11.8 Å². The van der Waals surface area contributed by atoms with E-state index >= 15 is 0 Å². The van der Waals surface area contributed by atoms with Gasteiger partial charge >= 0.3 is 5.63 Å². The number of hydrogen-bond donors (Lipinski definition) is 1. The Kier molecular flexibility index (Phi) is 5.15. The molecule has 1 aliphatic rings. The van der Waals surface area contributed by atoms with Crippen molar-refractivity contribution >= 4 is 22.7 Å². The Labute approximate surface area is 194 Å². The molecule has 162 valence electrons. The summed E-state index contributed by atoms with van der Waals surface area (Å²) in [5, 5.41) is 11.6. The predicted molar refractivity (Wildman–Crippen MR) is 126 cm³/mol. The lowest BCUT2D eigenvalue weighted by atomic mass is 9.84. The summed E-state index contributed by atoms with van der Waals surface area (Å²) in [6, 6.07) is 21.6. The van der Waals surface area contributed by atoms with Gasteiger partial charge in [0.15, 0.2) is 0 Å². The fourth-order valence-corrected chi connectivity index (χ4v) is 4.97. The van der Waals surface area contributed by atoms with Crippen LogP contribution in [0.3, 0.4) is 0 Å². The van der Waals surface area contributed by atoms with Crippen molar-refractivity contribution in [1.29, 1.82) is 5.26 Å². The van der Waals surface area contributed by atoms with Crippen LogP contribution in [0, 0.1) is 25.2 Å². The molecule has 5 rings (SSSR count). The second-order valence-corrected chi connectivity index (χ2v) is 8.90. The summed E-state index contributed by atoms with van der Waals surface area (Å²) in [4.78, 5) is 18.9. The molecule has 0 spiro atoms. The lowest BCUT2D eigenvalue weighted by Crippen LogP contribution is -2.26. The van der Waals surface area contributed by atoms with Crippen LogP contribution in [0.1, 0.15) is 28.4 Å². The van der Waals surface area contributed by atoms with E-state index in [2.05, 4.69) is 6.07 Å². The fraction of sp³-hybridized carbons (Fsp3) is 0.115. The first-order chi connectivity index (χ1) is 15.9. The summed E-state index contributed by atoms with van der Waals surface area (Å²) in [6.07, 6.45) is 0. The van der Waals surface area contributed by atoms with Crippen molar-refractivity contribution in [2.24, 2.45) is 5.73 Å². The molecule has 0 fully saturated rings. The van der Waals surface area contributed by atoms with Crippen LogP contribution in [0.4, 0.5) is 0 Å². The van der Waals surface area contributed by atoms with Crippen LogP contribution in [0.15, 0.2) is 91.3 Å². The Bertz CT molecular complexity index is 1530. The van der Waals surface area contributed by atoms with Gasteiger partial charge in [-0.1, -0.05) is 41.6 Å². The van der Waals surface area contributed by atoms with Crippen LogP contribution in [0.25, 0.3) is 10.9 Å². The van der Waals surface area contributed by atoms with E-state index in [0.29, 0.717) is 22.1 Å². The minimum absolute atomic E-state index is 0.0278. The van der Waals surface area contributed by atoms with E-state index < -0.39 is 11.5 Å². The molecule has 33 heavy (non-hydrogen) atoms. The van der Waals surface area contributed by atoms with E-state index in [4.69, 9.17) is 19.9 Å². The first-order valence-corrected chi connectivity index (χ1v) is 11.1. The van der Waals surface area contributed by atoms with Crippen molar-refractivity contribution in [2.75, 3.05) is 0 Å². The molecule has 1 atom stereocenters. The molecule has 6 nitrogen and oxygen atoms in total. The molecule has 3 heterocycles. The van der Waals surface area contributed by atoms with Crippen LogP contribution >= 0.6 is 11.8 Å². The summed E-state index contributed by atoms with van der Waals surface area (Å²) in [6.45, 7) is 3.67. The number of aromatic nitrogens is 1. The average molecular weight is 454 g/mol. The Morgan fingerprint density at radius 2 is 1.88 bits per heavy atom. The number of aryl methyl sites for hydroxylation is 2. The van der Waals surface area contributed by atoms with Crippen LogP contribution in [-0.4, -0.2) is 4.98 Å². The van der Waals surface area contributed by atoms with Crippen LogP contribution in [0.2, 0.25) is 0 Å². The molecule has 0 saturated carbocycles. The number of benzene rings is 2. The van der Waals surface area contributed by atoms with Gasteiger partial charge in [0.25, 0.3) is 0 Å². The molecule has 0 bridgehead atoms. The maximum absolute atomic E-state index is 13.0. The van der Waals surface area contributed by atoms with Gasteiger partial charge < -0.3 is 14.9 Å². The lowest BCUT2D eigenvalue weighted by Gasteiger charge is -2.26. The number of nitriles is 1. The smallest absolute Gasteiger partial charge is 0.343 e. The standard InChI is InChI=1S/C26H19N3O3S/c1-14-8-9-20-16(10-14)12-18(25(29-20)33-17-6-4-3-5-7-17)22-19(13-27)24(28)32-21-11-15(2)31-26(30)23(21)22/h3-12,22H,28H2,1-2H3. The van der Waals surface area contributed by atoms with E-state index in [1.807, 2.05) is 61.5 Å². The quantitative estimate of drug-likeness (QED) is 0.456. The van der Waals surface area contributed by atoms with Gasteiger partial charge in [-0.15, -0.1) is 0 Å². The molecule has 2 N–H and O–H groups in total. The van der Waals surface area contributed by atoms with Gasteiger partial charge in [0.1, 0.15) is 28.2 Å². The van der Waals surface area contributed by atoms with Crippen molar-refractivity contribution in [2.45, 2.75) is 29.7 Å². The Morgan fingerprint density at radius 3 is 2.64 bits per heavy atom. The molecule has 0 radical (unpaired) electrons. The van der Waals surface area contributed by atoms with Gasteiger partial charge in [-0.25, -0.2) is 9.78 Å². The second kappa shape index (κ2) is 8.15. The highest BCUT2D eigenvalue weighted by atomic mass is 32.2. The largest absolute Gasteiger partial charge is 0.440 e. The molecule has 0 amide bonds. The zero-order valence-electron chi connectivity index (χ0n) is 18.0. The van der Waals surface area contributed by atoms with Gasteiger partial charge in [-0.05, 0) is 49.7 Å². The monoisotopic (exact) mass is 453 g/mol. The minimum atomic E-state index is -0.765. The van der Waals surface area contributed by atoms with Crippen molar-refractivity contribution in [3.63, 3.8) is 0 Å². The van der Waals surface area contributed by atoms with Gasteiger partial charge in [-0.2, -0.15) is 5.26 Å². The fourth-order valence-electron chi connectivity index (χ4n) is 4.01. The minimum Gasteiger partial charge on any atom is -0.440 e.